The second-order valence-electron chi connectivity index (χ2n) is 8.47. The fourth-order valence-corrected chi connectivity index (χ4v) is 8.39. The standard InChI is InChI=1S/C19H22N3O15P3S/c23-17-9-10-22(19(24)20-17)18-8-7-12(35-18)11-34-39(27,28)37-40(29,30)36-38(25,26)21-15-5-1-4-14-13(15)3-2-6-16(14)41(31,32)33/h1-6,9-10,12,18H,7-8,11H2,(H,27,28)(H,29,30)(H,20,23,24)(H2,21,25,26)(H,31,32,33)/t12-,18+/m0/s1. The van der Waals surface area contributed by atoms with Gasteiger partial charge in [-0.25, -0.2) is 18.5 Å². The molecule has 1 aliphatic heterocycles. The van der Waals surface area contributed by atoms with E-state index in [1.165, 1.54) is 36.5 Å². The number of fused-ring (bicyclic) bond motifs is 1. The number of nitrogens with one attached hydrogen (secondary N) is 2. The van der Waals surface area contributed by atoms with Gasteiger partial charge in [0.05, 0.1) is 18.4 Å². The van der Waals surface area contributed by atoms with Crippen LogP contribution in [0.5, 0.6) is 0 Å². The topological polar surface area (TPSA) is 270 Å². The molecule has 6 N–H and O–H groups in total. The number of ether oxygens (including phenoxy) is 1. The quantitative estimate of drug-likeness (QED) is 0.127. The average molecular weight is 657 g/mol. The molecule has 0 radical (unpaired) electrons. The zero-order valence-corrected chi connectivity index (χ0v) is 23.9. The fraction of sp³-hybridized carbons (Fsp3) is 0.263. The second kappa shape index (κ2) is 11.6. The van der Waals surface area contributed by atoms with Gasteiger partial charge in [-0.05, 0) is 25.0 Å². The molecule has 0 aliphatic carbocycles. The first-order valence-corrected chi connectivity index (χ1v) is 17.3. The second-order valence-corrected chi connectivity index (χ2v) is 14.6. The number of phosphoric ester groups is 1. The van der Waals surface area contributed by atoms with E-state index in [9.17, 15) is 50.9 Å². The van der Waals surface area contributed by atoms with Gasteiger partial charge in [0.25, 0.3) is 15.7 Å². The van der Waals surface area contributed by atoms with Gasteiger partial charge in [0, 0.05) is 23.0 Å². The Labute approximate surface area is 230 Å². The van der Waals surface area contributed by atoms with Crippen molar-refractivity contribution in [1.82, 2.24) is 9.55 Å². The molecule has 0 spiro atoms. The van der Waals surface area contributed by atoms with Gasteiger partial charge in [-0.15, -0.1) is 0 Å². The van der Waals surface area contributed by atoms with Crippen LogP contribution in [0, 0.1) is 0 Å². The highest BCUT2D eigenvalue weighted by Gasteiger charge is 2.42. The lowest BCUT2D eigenvalue weighted by Gasteiger charge is -2.21. The number of aromatic nitrogens is 2. The van der Waals surface area contributed by atoms with Crippen LogP contribution in [0.3, 0.4) is 0 Å². The predicted molar refractivity (Wildman–Crippen MR) is 139 cm³/mol. The first-order valence-electron chi connectivity index (χ1n) is 11.2. The van der Waals surface area contributed by atoms with Gasteiger partial charge in [-0.3, -0.25) is 28.5 Å². The third-order valence-corrected chi connectivity index (χ3v) is 10.8. The molecule has 3 unspecified atom stereocenters. The maximum absolute atomic E-state index is 12.6. The van der Waals surface area contributed by atoms with Crippen LogP contribution in [0.2, 0.25) is 0 Å². The van der Waals surface area contributed by atoms with Crippen molar-refractivity contribution in [2.75, 3.05) is 11.7 Å². The highest BCUT2D eigenvalue weighted by atomic mass is 32.2. The van der Waals surface area contributed by atoms with E-state index in [1.807, 2.05) is 10.1 Å². The first kappa shape index (κ1) is 31.4. The smallest absolute Gasteiger partial charge is 0.352 e. The molecule has 2 heterocycles. The molecule has 18 nitrogen and oxygen atoms in total. The first-order chi connectivity index (χ1) is 18.9. The van der Waals surface area contributed by atoms with Crippen molar-refractivity contribution >= 4 is 50.0 Å². The largest absolute Gasteiger partial charge is 0.489 e. The van der Waals surface area contributed by atoms with Gasteiger partial charge in [0.2, 0.25) is 0 Å². The minimum Gasteiger partial charge on any atom is -0.352 e. The lowest BCUT2D eigenvalue weighted by molar-refractivity contribution is -0.0243. The number of hydrogen-bond acceptors (Lipinski definition) is 11. The van der Waals surface area contributed by atoms with Gasteiger partial charge in [-0.1, -0.05) is 24.3 Å². The molecule has 5 atom stereocenters. The average Bonchev–Trinajstić information content (AvgIpc) is 3.29. The molecule has 3 aromatic rings. The minimum absolute atomic E-state index is 0.00986. The van der Waals surface area contributed by atoms with E-state index in [0.29, 0.717) is 0 Å². The van der Waals surface area contributed by atoms with Crippen molar-refractivity contribution < 1.29 is 59.2 Å². The summed E-state index contributed by atoms with van der Waals surface area (Å²) in [6, 6.07) is 8.39. The van der Waals surface area contributed by atoms with Gasteiger partial charge in [-0.2, -0.15) is 17.0 Å². The Morgan fingerprint density at radius 2 is 1.66 bits per heavy atom. The van der Waals surface area contributed by atoms with Gasteiger partial charge < -0.3 is 19.4 Å². The summed E-state index contributed by atoms with van der Waals surface area (Å²) in [6.45, 7) is -0.663. The summed E-state index contributed by atoms with van der Waals surface area (Å²) >= 11 is 0. The molecule has 1 fully saturated rings. The van der Waals surface area contributed by atoms with Crippen molar-refractivity contribution in [3.63, 3.8) is 0 Å². The summed E-state index contributed by atoms with van der Waals surface area (Å²) in [5, 5.41) is 1.82. The number of nitrogens with zero attached hydrogens (tertiary/aromatic N) is 1. The number of aromatic amines is 1. The van der Waals surface area contributed by atoms with E-state index < -0.39 is 68.6 Å². The van der Waals surface area contributed by atoms with Crippen LogP contribution in [-0.4, -0.2) is 49.9 Å². The Kier molecular flexibility index (Phi) is 8.93. The minimum atomic E-state index is -5.77. The van der Waals surface area contributed by atoms with Crippen molar-refractivity contribution in [3.8, 4) is 0 Å². The van der Waals surface area contributed by atoms with Crippen LogP contribution in [0.15, 0.2) is 63.1 Å². The van der Waals surface area contributed by atoms with E-state index in [-0.39, 0.29) is 29.3 Å². The van der Waals surface area contributed by atoms with Gasteiger partial charge in [0.1, 0.15) is 11.1 Å². The molecule has 1 saturated heterocycles. The Morgan fingerprint density at radius 1 is 0.976 bits per heavy atom. The summed E-state index contributed by atoms with van der Waals surface area (Å²) in [7, 11) is -21.2. The molecular formula is C19H22N3O15P3S. The van der Waals surface area contributed by atoms with Crippen molar-refractivity contribution in [1.29, 1.82) is 0 Å². The van der Waals surface area contributed by atoms with Crippen LogP contribution < -0.4 is 16.3 Å². The molecule has 0 saturated carbocycles. The summed E-state index contributed by atoms with van der Waals surface area (Å²) in [5.74, 6) is 0. The number of hydrogen-bond donors (Lipinski definition) is 6. The van der Waals surface area contributed by atoms with Crippen molar-refractivity contribution in [3.05, 3.63) is 69.5 Å². The zero-order chi connectivity index (χ0) is 30.2. The third kappa shape index (κ3) is 8.08. The molecule has 0 bridgehead atoms. The van der Waals surface area contributed by atoms with Crippen LogP contribution in [0.1, 0.15) is 19.1 Å². The number of anilines is 1. The maximum atomic E-state index is 12.6. The molecule has 22 heteroatoms. The van der Waals surface area contributed by atoms with Crippen LogP contribution in [0.25, 0.3) is 10.8 Å². The van der Waals surface area contributed by atoms with E-state index in [4.69, 9.17) is 4.74 Å². The summed E-state index contributed by atoms with van der Waals surface area (Å²) in [6.07, 6.45) is -0.0673. The normalized spacial score (nSPS) is 22.0. The highest BCUT2D eigenvalue weighted by molar-refractivity contribution is 7.86. The Balaban J connectivity index is 1.39. The summed E-state index contributed by atoms with van der Waals surface area (Å²) in [5.41, 5.74) is -1.64. The van der Waals surface area contributed by atoms with Crippen LogP contribution in [0.4, 0.5) is 5.69 Å². The summed E-state index contributed by atoms with van der Waals surface area (Å²) < 4.78 is 89.3. The van der Waals surface area contributed by atoms with Gasteiger partial charge in [0.15, 0.2) is 0 Å². The Morgan fingerprint density at radius 3 is 2.34 bits per heavy atom. The van der Waals surface area contributed by atoms with E-state index >= 15 is 0 Å². The number of H-pyrrole nitrogens is 1. The van der Waals surface area contributed by atoms with Gasteiger partial charge >= 0.3 is 29.1 Å². The summed E-state index contributed by atoms with van der Waals surface area (Å²) in [4.78, 5) is 54.5. The molecule has 2 aromatic carbocycles. The zero-order valence-electron chi connectivity index (χ0n) is 20.4. The molecule has 0 amide bonds. The Hall–Kier alpha value is -2.50. The lowest BCUT2D eigenvalue weighted by Crippen LogP contribution is -2.31. The SMILES string of the molecule is O=c1ccn([C@H]2CC[C@@H](COP(=O)(O)OP(=O)(O)OP(=O)(O)Nc3cccc4c(S(=O)(=O)O)cccc34)O2)c(=O)[nH]1. The number of rotatable bonds is 11. The van der Waals surface area contributed by atoms with E-state index in [2.05, 4.69) is 13.1 Å². The lowest BCUT2D eigenvalue weighted by atomic mass is 10.1. The molecule has 4 rings (SSSR count). The molecule has 41 heavy (non-hydrogen) atoms. The number of benzene rings is 2. The molecule has 1 aromatic heterocycles. The van der Waals surface area contributed by atoms with E-state index in [0.717, 1.165) is 16.7 Å². The van der Waals surface area contributed by atoms with Crippen molar-refractivity contribution in [2.24, 2.45) is 0 Å². The fourth-order valence-electron chi connectivity index (χ4n) is 3.93. The molecule has 1 aliphatic rings. The highest BCUT2D eigenvalue weighted by Crippen LogP contribution is 2.67. The third-order valence-electron chi connectivity index (χ3n) is 5.51. The van der Waals surface area contributed by atoms with Crippen molar-refractivity contribution in [2.45, 2.75) is 30.1 Å². The maximum Gasteiger partial charge on any atom is 0.489 e. The molecular weight excluding hydrogens is 635 g/mol. The predicted octanol–water partition coefficient (Wildman–Crippen LogP) is 2.08. The van der Waals surface area contributed by atoms with Crippen LogP contribution in [-0.2, 0) is 41.7 Å². The monoisotopic (exact) mass is 657 g/mol. The number of phosphoric acid groups is 2. The van der Waals surface area contributed by atoms with Crippen LogP contribution >= 0.6 is 23.4 Å². The Bertz CT molecular complexity index is 1840. The van der Waals surface area contributed by atoms with E-state index in [1.54, 1.807) is 0 Å². The molecule has 224 valence electrons.